The van der Waals surface area contributed by atoms with Crippen LogP contribution in [-0.4, -0.2) is 34.1 Å². The van der Waals surface area contributed by atoms with E-state index < -0.39 is 0 Å². The van der Waals surface area contributed by atoms with Crippen LogP contribution in [0.25, 0.3) is 11.0 Å². The van der Waals surface area contributed by atoms with Crippen molar-refractivity contribution >= 4 is 23.3 Å². The lowest BCUT2D eigenvalue weighted by Gasteiger charge is -2.31. The van der Waals surface area contributed by atoms with Crippen molar-refractivity contribution in [2.45, 2.75) is 33.2 Å². The van der Waals surface area contributed by atoms with Gasteiger partial charge in [0, 0.05) is 6.54 Å². The maximum Gasteiger partial charge on any atom is 0.178 e. The zero-order valence-electron chi connectivity index (χ0n) is 12.4. The molecule has 1 saturated heterocycles. The zero-order chi connectivity index (χ0) is 14.1. The highest BCUT2D eigenvalue weighted by Crippen LogP contribution is 2.22. The van der Waals surface area contributed by atoms with Crippen molar-refractivity contribution in [2.24, 2.45) is 5.92 Å². The van der Waals surface area contributed by atoms with E-state index in [1.54, 1.807) is 0 Å². The molecule has 2 heterocycles. The normalized spacial score (nSPS) is 17.9. The fourth-order valence-corrected chi connectivity index (χ4v) is 3.48. The van der Waals surface area contributed by atoms with Gasteiger partial charge in [-0.25, -0.2) is 0 Å². The molecule has 0 spiro atoms. The molecule has 3 nitrogen and oxygen atoms in total. The Morgan fingerprint density at radius 1 is 1.30 bits per heavy atom. The maximum absolute atomic E-state index is 5.51. The molecule has 0 unspecified atom stereocenters. The number of likely N-dealkylation sites (tertiary alicyclic amines) is 1. The summed E-state index contributed by atoms with van der Waals surface area (Å²) in [4.78, 5) is 5.88. The second-order valence-corrected chi connectivity index (χ2v) is 6.33. The molecular weight excluding hydrogens is 266 g/mol. The van der Waals surface area contributed by atoms with Crippen molar-refractivity contribution in [1.82, 2.24) is 14.5 Å². The number of nitrogens with one attached hydrogen (secondary N) is 1. The van der Waals surface area contributed by atoms with E-state index in [9.17, 15) is 0 Å². The summed E-state index contributed by atoms with van der Waals surface area (Å²) in [5.74, 6) is 0.754. The molecule has 0 radical (unpaired) electrons. The van der Waals surface area contributed by atoms with Gasteiger partial charge in [0.15, 0.2) is 4.77 Å². The van der Waals surface area contributed by atoms with Crippen LogP contribution in [0.3, 0.4) is 0 Å². The van der Waals surface area contributed by atoms with Crippen LogP contribution < -0.4 is 0 Å². The number of benzene rings is 1. The summed E-state index contributed by atoms with van der Waals surface area (Å²) in [6, 6.07) is 6.54. The Morgan fingerprint density at radius 2 is 2.05 bits per heavy atom. The fraction of sp³-hybridized carbons (Fsp3) is 0.562. The van der Waals surface area contributed by atoms with Gasteiger partial charge in [-0.3, -0.25) is 0 Å². The Morgan fingerprint density at radius 3 is 2.75 bits per heavy atom. The van der Waals surface area contributed by atoms with Crippen LogP contribution in [0.1, 0.15) is 25.3 Å². The molecule has 0 atom stereocenters. The quantitative estimate of drug-likeness (QED) is 0.870. The fourth-order valence-electron chi connectivity index (χ4n) is 3.20. The molecule has 1 N–H and O–H groups in total. The lowest BCUT2D eigenvalue weighted by molar-refractivity contribution is 0.181. The van der Waals surface area contributed by atoms with Crippen molar-refractivity contribution in [2.75, 3.05) is 19.6 Å². The first kappa shape index (κ1) is 13.8. The summed E-state index contributed by atoms with van der Waals surface area (Å²) in [5, 5.41) is 0. The molecule has 0 aliphatic carbocycles. The highest BCUT2D eigenvalue weighted by Gasteiger charge is 2.19. The minimum absolute atomic E-state index is 0.754. The van der Waals surface area contributed by atoms with Gasteiger partial charge in [0.2, 0.25) is 0 Å². The summed E-state index contributed by atoms with van der Waals surface area (Å²) in [6.07, 6.45) is 2.57. The molecule has 108 valence electrons. The third kappa shape index (κ3) is 2.67. The van der Waals surface area contributed by atoms with Gasteiger partial charge in [0.25, 0.3) is 0 Å². The molecule has 0 bridgehead atoms. The van der Waals surface area contributed by atoms with E-state index >= 15 is 0 Å². The van der Waals surface area contributed by atoms with Crippen molar-refractivity contribution < 1.29 is 0 Å². The summed E-state index contributed by atoms with van der Waals surface area (Å²) in [6.45, 7) is 9.07. The minimum atomic E-state index is 0.754. The third-order valence-corrected chi connectivity index (χ3v) is 4.85. The van der Waals surface area contributed by atoms with Gasteiger partial charge < -0.3 is 14.5 Å². The number of fused-ring (bicyclic) bond motifs is 1. The van der Waals surface area contributed by atoms with Gasteiger partial charge in [0.1, 0.15) is 0 Å². The molecule has 1 aliphatic rings. The predicted octanol–water partition coefficient (Wildman–Crippen LogP) is 3.74. The Bertz CT molecular complexity index is 647. The summed E-state index contributed by atoms with van der Waals surface area (Å²) in [7, 11) is 0. The highest BCUT2D eigenvalue weighted by atomic mass is 32.1. The summed E-state index contributed by atoms with van der Waals surface area (Å²) in [5.41, 5.74) is 3.69. The predicted molar refractivity (Wildman–Crippen MR) is 86.7 cm³/mol. The van der Waals surface area contributed by atoms with Crippen LogP contribution in [0.5, 0.6) is 0 Å². The number of aromatic nitrogens is 2. The number of imidazole rings is 1. The Kier molecular flexibility index (Phi) is 3.94. The molecule has 0 amide bonds. The second kappa shape index (κ2) is 5.70. The van der Waals surface area contributed by atoms with Crippen LogP contribution in [0.4, 0.5) is 0 Å². The number of hydrogen-bond donors (Lipinski definition) is 1. The van der Waals surface area contributed by atoms with Crippen molar-refractivity contribution in [3.05, 3.63) is 28.5 Å². The van der Waals surface area contributed by atoms with E-state index in [-0.39, 0.29) is 0 Å². The van der Waals surface area contributed by atoms with Crippen molar-refractivity contribution in [3.8, 4) is 0 Å². The number of rotatable bonds is 3. The first-order valence-corrected chi connectivity index (χ1v) is 7.99. The van der Waals surface area contributed by atoms with E-state index in [2.05, 4.69) is 46.5 Å². The van der Waals surface area contributed by atoms with Gasteiger partial charge in [-0.1, -0.05) is 13.0 Å². The lowest BCUT2D eigenvalue weighted by Crippen LogP contribution is -2.34. The van der Waals surface area contributed by atoms with E-state index in [0.717, 1.165) is 17.2 Å². The standard InChI is InChI=1S/C16H23N3S/c1-3-18-8-6-13(7-9-18)11-19-15-5-4-12(2)10-14(15)17-16(19)20/h4-5,10,13H,3,6-9,11H2,1-2H3,(H,17,20). The van der Waals surface area contributed by atoms with E-state index in [0.29, 0.717) is 0 Å². The van der Waals surface area contributed by atoms with Gasteiger partial charge in [-0.05, 0) is 75.2 Å². The molecule has 1 fully saturated rings. The smallest absolute Gasteiger partial charge is 0.178 e. The van der Waals surface area contributed by atoms with E-state index in [1.807, 2.05) is 0 Å². The minimum Gasteiger partial charge on any atom is -0.331 e. The first-order valence-electron chi connectivity index (χ1n) is 7.59. The summed E-state index contributed by atoms with van der Waals surface area (Å²) >= 11 is 5.51. The summed E-state index contributed by atoms with van der Waals surface area (Å²) < 4.78 is 3.15. The molecule has 4 heteroatoms. The van der Waals surface area contributed by atoms with Crippen LogP contribution in [0, 0.1) is 17.6 Å². The Balaban J connectivity index is 1.81. The van der Waals surface area contributed by atoms with Crippen molar-refractivity contribution in [1.29, 1.82) is 0 Å². The van der Waals surface area contributed by atoms with Crippen LogP contribution in [-0.2, 0) is 6.54 Å². The topological polar surface area (TPSA) is 24.0 Å². The number of nitrogens with zero attached hydrogens (tertiary/aromatic N) is 2. The average molecular weight is 289 g/mol. The molecule has 2 aromatic rings. The van der Waals surface area contributed by atoms with E-state index in [4.69, 9.17) is 12.2 Å². The van der Waals surface area contributed by atoms with Crippen molar-refractivity contribution in [3.63, 3.8) is 0 Å². The molecule has 1 aromatic heterocycles. The van der Waals surface area contributed by atoms with Crippen LogP contribution in [0.2, 0.25) is 0 Å². The number of hydrogen-bond acceptors (Lipinski definition) is 2. The first-order chi connectivity index (χ1) is 9.67. The third-order valence-electron chi connectivity index (χ3n) is 4.52. The Labute approximate surface area is 125 Å². The maximum atomic E-state index is 5.51. The van der Waals surface area contributed by atoms with Gasteiger partial charge in [-0.15, -0.1) is 0 Å². The highest BCUT2D eigenvalue weighted by molar-refractivity contribution is 7.71. The van der Waals surface area contributed by atoms with E-state index in [1.165, 1.54) is 49.1 Å². The number of piperidine rings is 1. The number of aryl methyl sites for hydroxylation is 1. The number of H-pyrrole nitrogens is 1. The van der Waals surface area contributed by atoms with Gasteiger partial charge >= 0.3 is 0 Å². The van der Waals surface area contributed by atoms with Crippen LogP contribution in [0.15, 0.2) is 18.2 Å². The molecular formula is C16H23N3S. The molecule has 1 aliphatic heterocycles. The monoisotopic (exact) mass is 289 g/mol. The molecule has 1 aromatic carbocycles. The van der Waals surface area contributed by atoms with Gasteiger partial charge in [-0.2, -0.15) is 0 Å². The molecule has 0 saturated carbocycles. The largest absolute Gasteiger partial charge is 0.331 e. The van der Waals surface area contributed by atoms with Gasteiger partial charge in [0.05, 0.1) is 11.0 Å². The molecule has 3 rings (SSSR count). The Hall–Kier alpha value is -1.13. The second-order valence-electron chi connectivity index (χ2n) is 5.94. The number of aromatic amines is 1. The average Bonchev–Trinajstić information content (AvgIpc) is 2.75. The lowest BCUT2D eigenvalue weighted by atomic mass is 9.96. The molecule has 20 heavy (non-hydrogen) atoms. The zero-order valence-corrected chi connectivity index (χ0v) is 13.2. The van der Waals surface area contributed by atoms with Crippen LogP contribution >= 0.6 is 12.2 Å². The SMILES string of the molecule is CCN1CCC(Cn2c(=S)[nH]c3cc(C)ccc32)CC1.